The Hall–Kier alpha value is -2.15. The van der Waals surface area contributed by atoms with Gasteiger partial charge in [0, 0.05) is 38.3 Å². The first-order valence-electron chi connectivity index (χ1n) is 9.00. The molecule has 2 aliphatic rings. The summed E-state index contributed by atoms with van der Waals surface area (Å²) in [5.41, 5.74) is 1.17. The molecule has 1 aliphatic heterocycles. The van der Waals surface area contributed by atoms with Gasteiger partial charge in [0.15, 0.2) is 0 Å². The number of morpholine rings is 1. The molecule has 1 aliphatic carbocycles. The first-order valence-corrected chi connectivity index (χ1v) is 9.00. The fourth-order valence-corrected chi connectivity index (χ4v) is 3.22. The zero-order valence-corrected chi connectivity index (χ0v) is 14.6. The Labute approximate surface area is 147 Å². The van der Waals surface area contributed by atoms with Crippen LogP contribution in [0.3, 0.4) is 0 Å². The van der Waals surface area contributed by atoms with Crippen LogP contribution in [0.25, 0.3) is 0 Å². The van der Waals surface area contributed by atoms with Gasteiger partial charge in [-0.3, -0.25) is 14.9 Å². The molecule has 0 N–H and O–H groups in total. The van der Waals surface area contributed by atoms with Crippen molar-refractivity contribution in [2.24, 2.45) is 5.92 Å². The second-order valence-electron chi connectivity index (χ2n) is 6.75. The molecular formula is C18H25N3O4. The average Bonchev–Trinajstić information content (AvgIpc) is 3.45. The van der Waals surface area contributed by atoms with Crippen LogP contribution >= 0.6 is 0 Å². The zero-order valence-electron chi connectivity index (χ0n) is 14.6. The summed E-state index contributed by atoms with van der Waals surface area (Å²) in [6.07, 6.45) is 3.21. The van der Waals surface area contributed by atoms with E-state index in [0.717, 1.165) is 18.7 Å². The van der Waals surface area contributed by atoms with Crippen molar-refractivity contribution < 1.29 is 14.5 Å². The summed E-state index contributed by atoms with van der Waals surface area (Å²) in [5, 5.41) is 11.2. The molecule has 0 radical (unpaired) electrons. The van der Waals surface area contributed by atoms with Gasteiger partial charge in [-0.25, -0.2) is 0 Å². The van der Waals surface area contributed by atoms with E-state index in [2.05, 4.69) is 4.90 Å². The predicted molar refractivity (Wildman–Crippen MR) is 95.0 cm³/mol. The molecule has 7 nitrogen and oxygen atoms in total. The van der Waals surface area contributed by atoms with E-state index in [1.165, 1.54) is 25.0 Å². The molecular weight excluding hydrogens is 322 g/mol. The molecule has 0 bridgehead atoms. The molecule has 1 saturated heterocycles. The molecule has 0 unspecified atom stereocenters. The number of anilines is 1. The SMILES string of the molecule is CCCN(CC1CC1)C(=O)c1cc([N+](=O)[O-])ccc1N1CCOCC1. The Bertz CT molecular complexity index is 639. The summed E-state index contributed by atoms with van der Waals surface area (Å²) in [6.45, 7) is 6.06. The first-order chi connectivity index (χ1) is 12.1. The van der Waals surface area contributed by atoms with E-state index in [1.807, 2.05) is 11.8 Å². The van der Waals surface area contributed by atoms with Crippen LogP contribution in [0.1, 0.15) is 36.5 Å². The molecule has 0 atom stereocenters. The topological polar surface area (TPSA) is 75.9 Å². The average molecular weight is 347 g/mol. The van der Waals surface area contributed by atoms with Crippen LogP contribution in [0, 0.1) is 16.0 Å². The van der Waals surface area contributed by atoms with Gasteiger partial charge in [-0.15, -0.1) is 0 Å². The van der Waals surface area contributed by atoms with E-state index in [0.29, 0.717) is 44.3 Å². The zero-order chi connectivity index (χ0) is 17.8. The number of amides is 1. The predicted octanol–water partition coefficient (Wildman–Crippen LogP) is 2.69. The summed E-state index contributed by atoms with van der Waals surface area (Å²) in [5.74, 6) is 0.486. The van der Waals surface area contributed by atoms with Gasteiger partial charge in [0.05, 0.1) is 29.4 Å². The van der Waals surface area contributed by atoms with Gasteiger partial charge >= 0.3 is 0 Å². The highest BCUT2D eigenvalue weighted by Gasteiger charge is 2.29. The second kappa shape index (κ2) is 7.82. The third-order valence-corrected chi connectivity index (χ3v) is 4.73. The van der Waals surface area contributed by atoms with E-state index in [1.54, 1.807) is 6.07 Å². The van der Waals surface area contributed by atoms with E-state index in [-0.39, 0.29) is 11.6 Å². The highest BCUT2D eigenvalue weighted by Crippen LogP contribution is 2.32. The maximum atomic E-state index is 13.2. The number of carbonyl (C=O) groups excluding carboxylic acids is 1. The summed E-state index contributed by atoms with van der Waals surface area (Å²) < 4.78 is 5.39. The summed E-state index contributed by atoms with van der Waals surface area (Å²) in [7, 11) is 0. The second-order valence-corrected chi connectivity index (χ2v) is 6.75. The van der Waals surface area contributed by atoms with Gasteiger partial charge in [-0.1, -0.05) is 6.92 Å². The van der Waals surface area contributed by atoms with Crippen LogP contribution in [0.15, 0.2) is 18.2 Å². The van der Waals surface area contributed by atoms with Gasteiger partial charge in [-0.2, -0.15) is 0 Å². The lowest BCUT2D eigenvalue weighted by Gasteiger charge is -2.31. The lowest BCUT2D eigenvalue weighted by atomic mass is 10.1. The van der Waals surface area contributed by atoms with Gasteiger partial charge in [-0.05, 0) is 31.2 Å². The van der Waals surface area contributed by atoms with Crippen LogP contribution in [-0.4, -0.2) is 55.1 Å². The lowest BCUT2D eigenvalue weighted by Crippen LogP contribution is -2.39. The molecule has 25 heavy (non-hydrogen) atoms. The Balaban J connectivity index is 1.92. The van der Waals surface area contributed by atoms with Crippen molar-refractivity contribution in [1.29, 1.82) is 0 Å². The summed E-state index contributed by atoms with van der Waals surface area (Å²) in [6, 6.07) is 4.62. The van der Waals surface area contributed by atoms with Crippen molar-refractivity contribution in [2.45, 2.75) is 26.2 Å². The van der Waals surface area contributed by atoms with Gasteiger partial charge < -0.3 is 14.5 Å². The molecule has 1 saturated carbocycles. The minimum absolute atomic E-state index is 0.0387. The van der Waals surface area contributed by atoms with Crippen molar-refractivity contribution in [3.8, 4) is 0 Å². The molecule has 1 aromatic rings. The number of nitrogens with zero attached hydrogens (tertiary/aromatic N) is 3. The third kappa shape index (κ3) is 4.28. The minimum Gasteiger partial charge on any atom is -0.378 e. The van der Waals surface area contributed by atoms with Gasteiger partial charge in [0.1, 0.15) is 0 Å². The molecule has 1 amide bonds. The molecule has 1 heterocycles. The number of nitro benzene ring substituents is 1. The Morgan fingerprint density at radius 3 is 2.68 bits per heavy atom. The van der Waals surface area contributed by atoms with Crippen molar-refractivity contribution in [3.63, 3.8) is 0 Å². The maximum absolute atomic E-state index is 13.2. The standard InChI is InChI=1S/C18H25N3O4/c1-2-7-20(13-14-3-4-14)18(22)16-12-15(21(23)24)5-6-17(16)19-8-10-25-11-9-19/h5-6,12,14H,2-4,7-11,13H2,1H3. The van der Waals surface area contributed by atoms with Gasteiger partial charge in [0.2, 0.25) is 0 Å². The van der Waals surface area contributed by atoms with Crippen LogP contribution in [0.4, 0.5) is 11.4 Å². The van der Waals surface area contributed by atoms with Crippen LogP contribution in [0.2, 0.25) is 0 Å². The number of hydrogen-bond donors (Lipinski definition) is 0. The van der Waals surface area contributed by atoms with Crippen molar-refractivity contribution in [2.75, 3.05) is 44.3 Å². The largest absolute Gasteiger partial charge is 0.378 e. The molecule has 3 rings (SSSR count). The quantitative estimate of drug-likeness (QED) is 0.560. The van der Waals surface area contributed by atoms with E-state index < -0.39 is 4.92 Å². The molecule has 7 heteroatoms. The number of nitro groups is 1. The molecule has 1 aromatic carbocycles. The fraction of sp³-hybridized carbons (Fsp3) is 0.611. The van der Waals surface area contributed by atoms with Crippen LogP contribution in [-0.2, 0) is 4.74 Å². The lowest BCUT2D eigenvalue weighted by molar-refractivity contribution is -0.384. The van der Waals surface area contributed by atoms with E-state index >= 15 is 0 Å². The van der Waals surface area contributed by atoms with E-state index in [4.69, 9.17) is 4.74 Å². The van der Waals surface area contributed by atoms with Gasteiger partial charge in [0.25, 0.3) is 11.6 Å². The maximum Gasteiger partial charge on any atom is 0.270 e. The Kier molecular flexibility index (Phi) is 5.53. The summed E-state index contributed by atoms with van der Waals surface area (Å²) >= 11 is 0. The normalized spacial score (nSPS) is 17.4. The number of benzene rings is 1. The molecule has 0 aromatic heterocycles. The highest BCUT2D eigenvalue weighted by atomic mass is 16.6. The Morgan fingerprint density at radius 1 is 1.36 bits per heavy atom. The van der Waals surface area contributed by atoms with Crippen molar-refractivity contribution in [3.05, 3.63) is 33.9 Å². The smallest absolute Gasteiger partial charge is 0.270 e. The van der Waals surface area contributed by atoms with E-state index in [9.17, 15) is 14.9 Å². The van der Waals surface area contributed by atoms with Crippen molar-refractivity contribution >= 4 is 17.3 Å². The van der Waals surface area contributed by atoms with Crippen molar-refractivity contribution in [1.82, 2.24) is 4.90 Å². The first kappa shape index (κ1) is 17.7. The Morgan fingerprint density at radius 2 is 2.08 bits per heavy atom. The number of non-ortho nitro benzene ring substituents is 1. The van der Waals surface area contributed by atoms with Crippen LogP contribution < -0.4 is 4.90 Å². The highest BCUT2D eigenvalue weighted by molar-refractivity contribution is 6.00. The number of carbonyl (C=O) groups is 1. The minimum atomic E-state index is -0.440. The monoisotopic (exact) mass is 347 g/mol. The van der Waals surface area contributed by atoms with Crippen LogP contribution in [0.5, 0.6) is 0 Å². The fourth-order valence-electron chi connectivity index (χ4n) is 3.22. The summed E-state index contributed by atoms with van der Waals surface area (Å²) in [4.78, 5) is 27.9. The third-order valence-electron chi connectivity index (χ3n) is 4.73. The molecule has 2 fully saturated rings. The number of rotatable bonds is 7. The molecule has 136 valence electrons. The molecule has 0 spiro atoms. The number of ether oxygens (including phenoxy) is 1. The number of hydrogen-bond acceptors (Lipinski definition) is 5.